The van der Waals surface area contributed by atoms with Crippen LogP contribution < -0.4 is 20.4 Å². The Labute approximate surface area is 194 Å². The van der Waals surface area contributed by atoms with Gasteiger partial charge in [-0.05, 0) is 41.8 Å². The van der Waals surface area contributed by atoms with Crippen LogP contribution in [0.4, 0.5) is 15.8 Å². The summed E-state index contributed by atoms with van der Waals surface area (Å²) in [5, 5.41) is 6.45. The van der Waals surface area contributed by atoms with Crippen LogP contribution in [0.1, 0.15) is 24.0 Å². The van der Waals surface area contributed by atoms with Gasteiger partial charge in [-0.2, -0.15) is 0 Å². The van der Waals surface area contributed by atoms with Crippen LogP contribution in [0.2, 0.25) is 0 Å². The zero-order valence-corrected chi connectivity index (χ0v) is 19.9. The van der Waals surface area contributed by atoms with Crippen molar-refractivity contribution in [2.45, 2.75) is 25.9 Å². The summed E-state index contributed by atoms with van der Waals surface area (Å²) < 4.78 is 14.1. The number of hydrogen-bond acceptors (Lipinski definition) is 3. The maximum absolute atomic E-state index is 14.1. The van der Waals surface area contributed by atoms with E-state index in [-0.39, 0.29) is 35.7 Å². The van der Waals surface area contributed by atoms with Crippen molar-refractivity contribution >= 4 is 47.2 Å². The normalized spacial score (nSPS) is 13.8. The summed E-state index contributed by atoms with van der Waals surface area (Å²) in [6, 6.07) is 13.2. The molecule has 0 atom stereocenters. The first-order valence-corrected chi connectivity index (χ1v) is 9.77. The van der Waals surface area contributed by atoms with E-state index in [9.17, 15) is 9.18 Å². The zero-order valence-electron chi connectivity index (χ0n) is 17.6. The highest BCUT2D eigenvalue weighted by Crippen LogP contribution is 2.21. The summed E-state index contributed by atoms with van der Waals surface area (Å²) in [6.07, 6.45) is 1.55. The largest absolute Gasteiger partial charge is 0.375 e. The molecule has 8 heteroatoms. The lowest BCUT2D eigenvalue weighted by Gasteiger charge is -2.17. The molecule has 1 saturated heterocycles. The first kappa shape index (κ1) is 23.9. The molecule has 6 nitrogen and oxygen atoms in total. The Hall–Kier alpha value is -2.36. The Balaban J connectivity index is 0.00000320. The topological polar surface area (TPSA) is 60.0 Å². The van der Waals surface area contributed by atoms with E-state index in [1.807, 2.05) is 49.3 Å². The lowest BCUT2D eigenvalue weighted by Crippen LogP contribution is -2.36. The zero-order chi connectivity index (χ0) is 20.8. The van der Waals surface area contributed by atoms with Gasteiger partial charge in [0.2, 0.25) is 5.91 Å². The molecule has 0 aliphatic carbocycles. The minimum Gasteiger partial charge on any atom is -0.375 e. The van der Waals surface area contributed by atoms with Crippen LogP contribution in [0.25, 0.3) is 0 Å². The predicted octanol–water partition coefficient (Wildman–Crippen LogP) is 3.50. The van der Waals surface area contributed by atoms with Gasteiger partial charge in [0.1, 0.15) is 5.82 Å². The number of benzene rings is 2. The van der Waals surface area contributed by atoms with Crippen LogP contribution in [-0.4, -0.2) is 39.6 Å². The van der Waals surface area contributed by atoms with E-state index in [2.05, 4.69) is 15.6 Å². The molecule has 30 heavy (non-hydrogen) atoms. The van der Waals surface area contributed by atoms with Crippen LogP contribution in [0.5, 0.6) is 0 Å². The van der Waals surface area contributed by atoms with Gasteiger partial charge < -0.3 is 20.4 Å². The number of nitrogens with one attached hydrogen (secondary N) is 2. The number of amides is 1. The molecule has 1 amide bonds. The summed E-state index contributed by atoms with van der Waals surface area (Å²) in [5.74, 6) is 0.588. The fourth-order valence-corrected chi connectivity index (χ4v) is 3.33. The number of aliphatic imine (C=N–C) groups is 1. The first-order valence-electron chi connectivity index (χ1n) is 9.77. The summed E-state index contributed by atoms with van der Waals surface area (Å²) >= 11 is 0. The molecular formula is C22H29FIN5O. The molecule has 1 aliphatic rings. The highest BCUT2D eigenvalue weighted by Gasteiger charge is 2.21. The van der Waals surface area contributed by atoms with Crippen LogP contribution in [0.3, 0.4) is 0 Å². The van der Waals surface area contributed by atoms with E-state index in [1.165, 1.54) is 6.07 Å². The second-order valence-corrected chi connectivity index (χ2v) is 7.27. The van der Waals surface area contributed by atoms with Gasteiger partial charge in [0.05, 0.1) is 5.69 Å². The number of hydrogen-bond donors (Lipinski definition) is 2. The maximum Gasteiger partial charge on any atom is 0.227 e. The molecule has 2 aromatic rings. The van der Waals surface area contributed by atoms with Gasteiger partial charge in [-0.3, -0.25) is 9.79 Å². The lowest BCUT2D eigenvalue weighted by molar-refractivity contribution is -0.117. The summed E-state index contributed by atoms with van der Waals surface area (Å²) in [7, 11) is 5.34. The lowest BCUT2D eigenvalue weighted by atomic mass is 10.2. The molecule has 0 saturated carbocycles. The molecule has 2 aromatic carbocycles. The van der Waals surface area contributed by atoms with Gasteiger partial charge in [0.25, 0.3) is 0 Å². The Bertz CT molecular complexity index is 886. The number of anilines is 2. The quantitative estimate of drug-likeness (QED) is 0.345. The highest BCUT2D eigenvalue weighted by molar-refractivity contribution is 14.0. The minimum absolute atomic E-state index is 0. The van der Waals surface area contributed by atoms with E-state index in [0.29, 0.717) is 31.2 Å². The Morgan fingerprint density at radius 3 is 2.27 bits per heavy atom. The second kappa shape index (κ2) is 11.1. The van der Waals surface area contributed by atoms with Gasteiger partial charge in [-0.1, -0.05) is 18.2 Å². The third-order valence-electron chi connectivity index (χ3n) is 4.96. The molecule has 0 radical (unpaired) electrons. The highest BCUT2D eigenvalue weighted by atomic mass is 127. The van der Waals surface area contributed by atoms with E-state index in [4.69, 9.17) is 0 Å². The smallest absolute Gasteiger partial charge is 0.227 e. The van der Waals surface area contributed by atoms with E-state index in [1.54, 1.807) is 18.0 Å². The summed E-state index contributed by atoms with van der Waals surface area (Å²) in [6.45, 7) is 1.87. The molecule has 162 valence electrons. The fourth-order valence-electron chi connectivity index (χ4n) is 3.33. The van der Waals surface area contributed by atoms with E-state index < -0.39 is 0 Å². The van der Waals surface area contributed by atoms with Crippen LogP contribution >= 0.6 is 24.0 Å². The van der Waals surface area contributed by atoms with E-state index >= 15 is 0 Å². The van der Waals surface area contributed by atoms with Crippen molar-refractivity contribution in [3.63, 3.8) is 0 Å². The summed E-state index contributed by atoms with van der Waals surface area (Å²) in [4.78, 5) is 19.6. The number of carbonyl (C=O) groups is 1. The molecule has 2 N–H and O–H groups in total. The van der Waals surface area contributed by atoms with Crippen LogP contribution in [-0.2, 0) is 17.9 Å². The molecular weight excluding hydrogens is 496 g/mol. The van der Waals surface area contributed by atoms with Crippen molar-refractivity contribution in [3.05, 3.63) is 59.4 Å². The van der Waals surface area contributed by atoms with Gasteiger partial charge in [-0.25, -0.2) is 4.39 Å². The van der Waals surface area contributed by atoms with Gasteiger partial charge in [-0.15, -0.1) is 24.0 Å². The van der Waals surface area contributed by atoms with Gasteiger partial charge >= 0.3 is 0 Å². The van der Waals surface area contributed by atoms with Crippen molar-refractivity contribution < 1.29 is 9.18 Å². The monoisotopic (exact) mass is 525 g/mol. The number of guanidine groups is 1. The molecule has 0 unspecified atom stereocenters. The van der Waals surface area contributed by atoms with Gasteiger partial charge in [0.15, 0.2) is 5.96 Å². The minimum atomic E-state index is -0.242. The SMILES string of the molecule is CN=C(NCc1ccc(N2CCCC2=O)cc1)NCc1ccc(N(C)C)c(F)c1.I. The Morgan fingerprint density at radius 2 is 1.73 bits per heavy atom. The standard InChI is InChI=1S/C22H28FN5O.HI/c1-24-22(26-15-17-8-11-20(27(2)3)19(23)13-17)25-14-16-6-9-18(10-7-16)28-12-4-5-21(28)29;/h6-11,13H,4-5,12,14-15H2,1-3H3,(H2,24,25,26);1H. The molecule has 0 aromatic heterocycles. The van der Waals surface area contributed by atoms with Crippen molar-refractivity contribution in [3.8, 4) is 0 Å². The molecule has 1 heterocycles. The third kappa shape index (κ3) is 6.07. The number of carbonyl (C=O) groups excluding carboxylic acids is 1. The molecule has 3 rings (SSSR count). The molecule has 0 bridgehead atoms. The van der Waals surface area contributed by atoms with Crippen molar-refractivity contribution in [1.29, 1.82) is 0 Å². The van der Waals surface area contributed by atoms with Crippen molar-refractivity contribution in [1.82, 2.24) is 10.6 Å². The molecule has 1 aliphatic heterocycles. The second-order valence-electron chi connectivity index (χ2n) is 7.27. The maximum atomic E-state index is 14.1. The third-order valence-corrected chi connectivity index (χ3v) is 4.96. The number of rotatable bonds is 6. The Kier molecular flexibility index (Phi) is 8.88. The average Bonchev–Trinajstić information content (AvgIpc) is 3.14. The van der Waals surface area contributed by atoms with Crippen molar-refractivity contribution in [2.24, 2.45) is 4.99 Å². The molecule has 0 spiro atoms. The van der Waals surface area contributed by atoms with Crippen molar-refractivity contribution in [2.75, 3.05) is 37.5 Å². The number of nitrogens with zero attached hydrogens (tertiary/aromatic N) is 3. The predicted molar refractivity (Wildman–Crippen MR) is 131 cm³/mol. The molecule has 1 fully saturated rings. The number of halogens is 2. The Morgan fingerprint density at radius 1 is 1.10 bits per heavy atom. The first-order chi connectivity index (χ1) is 14.0. The average molecular weight is 525 g/mol. The summed E-state index contributed by atoms with van der Waals surface area (Å²) in [5.41, 5.74) is 3.44. The van der Waals surface area contributed by atoms with Crippen LogP contribution in [0, 0.1) is 5.82 Å². The van der Waals surface area contributed by atoms with Crippen LogP contribution in [0.15, 0.2) is 47.5 Å². The fraction of sp³-hybridized carbons (Fsp3) is 0.364. The van der Waals surface area contributed by atoms with E-state index in [0.717, 1.165) is 29.8 Å². The van der Waals surface area contributed by atoms with Gasteiger partial charge in [0, 0.05) is 52.9 Å².